The van der Waals surface area contributed by atoms with Crippen LogP contribution in [-0.2, 0) is 4.79 Å². The van der Waals surface area contributed by atoms with Gasteiger partial charge in [0.25, 0.3) is 0 Å². The van der Waals surface area contributed by atoms with Crippen molar-refractivity contribution in [3.63, 3.8) is 0 Å². The molecule has 0 aliphatic carbocycles. The molecular weight excluding hydrogens is 314 g/mol. The van der Waals surface area contributed by atoms with Crippen LogP contribution < -0.4 is 10.6 Å². The van der Waals surface area contributed by atoms with Crippen LogP contribution in [0.15, 0.2) is 30.3 Å². The molecule has 136 valence electrons. The molecule has 1 aromatic rings. The second-order valence-corrected chi connectivity index (χ2v) is 8.33. The Bertz CT molecular complexity index is 610. The molecule has 2 fully saturated rings. The first-order valence-electron chi connectivity index (χ1n) is 9.30. The van der Waals surface area contributed by atoms with Crippen molar-refractivity contribution >= 4 is 17.6 Å². The predicted octanol–water partition coefficient (Wildman–Crippen LogP) is 3.77. The molecule has 2 saturated heterocycles. The summed E-state index contributed by atoms with van der Waals surface area (Å²) >= 11 is 0. The van der Waals surface area contributed by atoms with Gasteiger partial charge in [0.05, 0.1) is 0 Å². The lowest BCUT2D eigenvalue weighted by Gasteiger charge is -2.49. The zero-order valence-corrected chi connectivity index (χ0v) is 15.4. The number of piperidine rings is 2. The number of anilines is 1. The minimum atomic E-state index is -0.378. The van der Waals surface area contributed by atoms with E-state index in [1.165, 1.54) is 0 Å². The number of para-hydroxylation sites is 1. The topological polar surface area (TPSA) is 61.4 Å². The van der Waals surface area contributed by atoms with Gasteiger partial charge in [-0.15, -0.1) is 0 Å². The van der Waals surface area contributed by atoms with Crippen LogP contribution in [0.25, 0.3) is 0 Å². The smallest absolute Gasteiger partial charge is 0.322 e. The first-order chi connectivity index (χ1) is 11.8. The molecule has 2 atom stereocenters. The van der Waals surface area contributed by atoms with Crippen molar-refractivity contribution in [1.29, 1.82) is 0 Å². The average molecular weight is 343 g/mol. The maximum atomic E-state index is 12.8. The van der Waals surface area contributed by atoms with Crippen LogP contribution in [0, 0.1) is 5.41 Å². The van der Waals surface area contributed by atoms with Crippen LogP contribution in [0.4, 0.5) is 10.5 Å². The minimum absolute atomic E-state index is 0.0125. The van der Waals surface area contributed by atoms with E-state index in [1.807, 2.05) is 56.0 Å². The SMILES string of the molecule is CC(C)(C)C(=O)NC1C[C@H]2CCC[C@H](C1)N2C(=O)Nc1ccccc1. The molecule has 0 radical (unpaired) electrons. The van der Waals surface area contributed by atoms with Gasteiger partial charge in [0.2, 0.25) is 5.91 Å². The standard InChI is InChI=1S/C20H29N3O2/c1-20(2,3)18(24)21-15-12-16-10-7-11-17(13-15)23(16)19(25)22-14-8-5-4-6-9-14/h4-6,8-9,15-17H,7,10-13H2,1-3H3,(H,21,24)(H,22,25)/t16-,17-/m1/s1. The summed E-state index contributed by atoms with van der Waals surface area (Å²) in [5.74, 6) is 0.0951. The quantitative estimate of drug-likeness (QED) is 0.859. The number of hydrogen-bond acceptors (Lipinski definition) is 2. The molecule has 0 saturated carbocycles. The van der Waals surface area contributed by atoms with Gasteiger partial charge in [-0.05, 0) is 44.2 Å². The van der Waals surface area contributed by atoms with E-state index in [9.17, 15) is 9.59 Å². The molecule has 3 amide bonds. The molecule has 2 aliphatic heterocycles. The lowest BCUT2D eigenvalue weighted by Crippen LogP contribution is -2.60. The number of hydrogen-bond donors (Lipinski definition) is 2. The van der Waals surface area contributed by atoms with Gasteiger partial charge < -0.3 is 15.5 Å². The molecule has 0 unspecified atom stereocenters. The molecule has 3 rings (SSSR count). The van der Waals surface area contributed by atoms with Gasteiger partial charge in [0.15, 0.2) is 0 Å². The van der Waals surface area contributed by atoms with Crippen molar-refractivity contribution in [1.82, 2.24) is 10.2 Å². The molecule has 2 heterocycles. The van der Waals surface area contributed by atoms with E-state index in [2.05, 4.69) is 10.6 Å². The number of carbonyl (C=O) groups is 2. The van der Waals surface area contributed by atoms with Gasteiger partial charge >= 0.3 is 6.03 Å². The van der Waals surface area contributed by atoms with E-state index in [1.54, 1.807) is 0 Å². The van der Waals surface area contributed by atoms with Crippen LogP contribution in [0.5, 0.6) is 0 Å². The third-order valence-electron chi connectivity index (χ3n) is 5.25. The van der Waals surface area contributed by atoms with E-state index in [-0.39, 0.29) is 35.5 Å². The van der Waals surface area contributed by atoms with Crippen molar-refractivity contribution in [3.8, 4) is 0 Å². The van der Waals surface area contributed by atoms with E-state index < -0.39 is 0 Å². The molecule has 0 spiro atoms. The van der Waals surface area contributed by atoms with Gasteiger partial charge in [0.1, 0.15) is 0 Å². The fourth-order valence-corrected chi connectivity index (χ4v) is 3.94. The molecule has 2 N–H and O–H groups in total. The van der Waals surface area contributed by atoms with Gasteiger partial charge in [0, 0.05) is 29.2 Å². The number of rotatable bonds is 2. The Morgan fingerprint density at radius 3 is 2.20 bits per heavy atom. The Kier molecular flexibility index (Phi) is 5.02. The number of benzene rings is 1. The van der Waals surface area contributed by atoms with Crippen LogP contribution in [-0.4, -0.2) is 35.0 Å². The van der Waals surface area contributed by atoms with E-state index in [0.717, 1.165) is 37.8 Å². The van der Waals surface area contributed by atoms with Gasteiger partial charge in [-0.3, -0.25) is 4.79 Å². The maximum absolute atomic E-state index is 12.8. The number of nitrogens with zero attached hydrogens (tertiary/aromatic N) is 1. The van der Waals surface area contributed by atoms with E-state index in [4.69, 9.17) is 0 Å². The zero-order valence-electron chi connectivity index (χ0n) is 15.4. The maximum Gasteiger partial charge on any atom is 0.322 e. The zero-order chi connectivity index (χ0) is 18.0. The summed E-state index contributed by atoms with van der Waals surface area (Å²) in [6.45, 7) is 5.81. The van der Waals surface area contributed by atoms with Crippen molar-refractivity contribution in [3.05, 3.63) is 30.3 Å². The van der Waals surface area contributed by atoms with Crippen LogP contribution in [0.1, 0.15) is 52.9 Å². The Hall–Kier alpha value is -2.04. The molecule has 1 aromatic carbocycles. The number of fused-ring (bicyclic) bond motifs is 2. The highest BCUT2D eigenvalue weighted by atomic mass is 16.2. The fourth-order valence-electron chi connectivity index (χ4n) is 3.94. The van der Waals surface area contributed by atoms with Gasteiger partial charge in [-0.1, -0.05) is 39.0 Å². The minimum Gasteiger partial charge on any atom is -0.353 e. The van der Waals surface area contributed by atoms with Crippen molar-refractivity contribution < 1.29 is 9.59 Å². The summed E-state index contributed by atoms with van der Waals surface area (Å²) in [5.41, 5.74) is 0.449. The summed E-state index contributed by atoms with van der Waals surface area (Å²) in [6, 6.07) is 10.2. The fraction of sp³-hybridized carbons (Fsp3) is 0.600. The number of urea groups is 1. The number of carbonyl (C=O) groups excluding carboxylic acids is 2. The number of amides is 3. The lowest BCUT2D eigenvalue weighted by atomic mass is 9.81. The first kappa shape index (κ1) is 17.8. The summed E-state index contributed by atoms with van der Waals surface area (Å²) in [7, 11) is 0. The third kappa shape index (κ3) is 4.14. The van der Waals surface area contributed by atoms with Crippen LogP contribution in [0.2, 0.25) is 0 Å². The predicted molar refractivity (Wildman–Crippen MR) is 99.3 cm³/mol. The first-order valence-corrected chi connectivity index (χ1v) is 9.30. The van der Waals surface area contributed by atoms with Gasteiger partial charge in [-0.2, -0.15) is 0 Å². The Morgan fingerprint density at radius 2 is 1.64 bits per heavy atom. The van der Waals surface area contributed by atoms with E-state index in [0.29, 0.717) is 0 Å². The van der Waals surface area contributed by atoms with Crippen LogP contribution in [0.3, 0.4) is 0 Å². The molecule has 0 aromatic heterocycles. The molecular formula is C20H29N3O2. The highest BCUT2D eigenvalue weighted by Gasteiger charge is 2.41. The normalized spacial score (nSPS) is 26.0. The average Bonchev–Trinajstić information content (AvgIpc) is 2.54. The van der Waals surface area contributed by atoms with Crippen molar-refractivity contribution in [2.24, 2.45) is 5.41 Å². The third-order valence-corrected chi connectivity index (χ3v) is 5.25. The summed E-state index contributed by atoms with van der Waals surface area (Å²) in [4.78, 5) is 27.1. The largest absolute Gasteiger partial charge is 0.353 e. The van der Waals surface area contributed by atoms with Crippen molar-refractivity contribution in [2.75, 3.05) is 5.32 Å². The van der Waals surface area contributed by atoms with E-state index >= 15 is 0 Å². The molecule has 25 heavy (non-hydrogen) atoms. The summed E-state index contributed by atoms with van der Waals surface area (Å²) in [6.07, 6.45) is 4.88. The lowest BCUT2D eigenvalue weighted by molar-refractivity contribution is -0.129. The monoisotopic (exact) mass is 343 g/mol. The number of nitrogens with one attached hydrogen (secondary N) is 2. The van der Waals surface area contributed by atoms with Crippen molar-refractivity contribution in [2.45, 2.75) is 71.0 Å². The summed E-state index contributed by atoms with van der Waals surface area (Å²) < 4.78 is 0. The highest BCUT2D eigenvalue weighted by Crippen LogP contribution is 2.35. The second kappa shape index (κ2) is 7.06. The second-order valence-electron chi connectivity index (χ2n) is 8.33. The molecule has 5 heteroatoms. The molecule has 2 bridgehead atoms. The Morgan fingerprint density at radius 1 is 1.04 bits per heavy atom. The Labute approximate surface area is 150 Å². The highest BCUT2D eigenvalue weighted by molar-refractivity contribution is 5.90. The molecule has 2 aliphatic rings. The molecule has 5 nitrogen and oxygen atoms in total. The summed E-state index contributed by atoms with van der Waals surface area (Å²) in [5, 5.41) is 6.22. The van der Waals surface area contributed by atoms with Crippen LogP contribution >= 0.6 is 0 Å². The van der Waals surface area contributed by atoms with Gasteiger partial charge in [-0.25, -0.2) is 4.79 Å². The Balaban J connectivity index is 1.66.